The molecule has 9 heteroatoms. The molecule has 0 bridgehead atoms. The van der Waals surface area contributed by atoms with Crippen LogP contribution in [0.5, 0.6) is 5.95 Å². The summed E-state index contributed by atoms with van der Waals surface area (Å²) in [4.78, 5) is 33.7. The van der Waals surface area contributed by atoms with Crippen molar-refractivity contribution in [2.45, 2.75) is 43.5 Å². The minimum absolute atomic E-state index is 0.146. The Hall–Kier alpha value is -2.65. The average molecular weight is 430 g/mol. The molecule has 7 nitrogen and oxygen atoms in total. The van der Waals surface area contributed by atoms with Crippen molar-refractivity contribution >= 4 is 45.7 Å². The van der Waals surface area contributed by atoms with Crippen molar-refractivity contribution in [3.05, 3.63) is 47.1 Å². The number of hydrogen-bond acceptors (Lipinski definition) is 7. The fourth-order valence-corrected chi connectivity index (χ4v) is 4.39. The number of imide groups is 1. The van der Waals surface area contributed by atoms with E-state index in [0.717, 1.165) is 28.4 Å². The van der Waals surface area contributed by atoms with Gasteiger partial charge in [0, 0.05) is 12.1 Å². The lowest BCUT2D eigenvalue weighted by atomic mass is 10.2. The zero-order valence-corrected chi connectivity index (χ0v) is 17.7. The zero-order valence-electron chi connectivity index (χ0n) is 16.1. The Morgan fingerprint density at radius 2 is 2.17 bits per heavy atom. The topological polar surface area (TPSA) is 88.4 Å². The van der Waals surface area contributed by atoms with Gasteiger partial charge in [0.05, 0.1) is 11.0 Å². The third-order valence-corrected chi connectivity index (χ3v) is 6.18. The molecule has 1 N–H and O–H groups in total. The number of imidazole rings is 1. The first-order chi connectivity index (χ1) is 13.9. The first-order valence-corrected chi connectivity index (χ1v) is 10.7. The quantitative estimate of drug-likeness (QED) is 0.418. The third kappa shape index (κ3) is 4.06. The standard InChI is InChI=1S/C20H19N3O4S2/c1-4-12(3)23-18(24)15(28-20(23)25)10-26-16-7-8-17(27-16)29-19-21-13-6-5-11(2)9-14(13)22-19/h5-10,12H,4H2,1-3H3,(H,21,22)/b15-10+. The van der Waals surface area contributed by atoms with E-state index in [1.807, 2.05) is 39.0 Å². The number of benzene rings is 1. The van der Waals surface area contributed by atoms with Crippen molar-refractivity contribution < 1.29 is 18.7 Å². The molecule has 0 spiro atoms. The predicted molar refractivity (Wildman–Crippen MR) is 112 cm³/mol. The van der Waals surface area contributed by atoms with E-state index in [4.69, 9.17) is 9.15 Å². The Balaban J connectivity index is 1.43. The number of nitrogens with one attached hydrogen (secondary N) is 1. The summed E-state index contributed by atoms with van der Waals surface area (Å²) in [5, 5.41) is 1.02. The second kappa shape index (κ2) is 8.00. The van der Waals surface area contributed by atoms with E-state index in [0.29, 0.717) is 16.7 Å². The number of thioether (sulfide) groups is 1. The van der Waals surface area contributed by atoms with Gasteiger partial charge in [-0.05, 0) is 67.6 Å². The number of furan rings is 1. The average Bonchev–Trinajstić information content (AvgIpc) is 3.37. The first-order valence-electron chi connectivity index (χ1n) is 9.11. The molecule has 1 aliphatic rings. The van der Waals surface area contributed by atoms with Crippen LogP contribution in [0.1, 0.15) is 25.8 Å². The molecule has 3 aromatic rings. The number of carbonyl (C=O) groups excluding carboxylic acids is 2. The van der Waals surface area contributed by atoms with Crippen LogP contribution in [-0.4, -0.2) is 32.1 Å². The van der Waals surface area contributed by atoms with E-state index in [1.54, 1.807) is 12.1 Å². The maximum atomic E-state index is 12.4. The molecule has 4 rings (SSSR count). The molecule has 2 aromatic heterocycles. The molecule has 1 fully saturated rings. The number of nitrogens with zero attached hydrogens (tertiary/aromatic N) is 2. The molecule has 2 amide bonds. The number of H-pyrrole nitrogens is 1. The van der Waals surface area contributed by atoms with Crippen molar-refractivity contribution in [3.8, 4) is 5.95 Å². The summed E-state index contributed by atoms with van der Waals surface area (Å²) in [6, 6.07) is 9.29. The second-order valence-electron chi connectivity index (χ2n) is 6.64. The van der Waals surface area contributed by atoms with Gasteiger partial charge in [0.25, 0.3) is 17.1 Å². The first kappa shape index (κ1) is 19.7. The van der Waals surface area contributed by atoms with Crippen molar-refractivity contribution in [3.63, 3.8) is 0 Å². The van der Waals surface area contributed by atoms with Crippen LogP contribution in [-0.2, 0) is 4.79 Å². The Morgan fingerprint density at radius 3 is 2.97 bits per heavy atom. The highest BCUT2D eigenvalue weighted by Gasteiger charge is 2.38. The van der Waals surface area contributed by atoms with Crippen LogP contribution in [0.2, 0.25) is 0 Å². The molecule has 0 radical (unpaired) electrons. The molecule has 1 saturated heterocycles. The summed E-state index contributed by atoms with van der Waals surface area (Å²) in [5.74, 6) is -0.108. The largest absolute Gasteiger partial charge is 0.433 e. The molecule has 0 saturated carbocycles. The van der Waals surface area contributed by atoms with Gasteiger partial charge >= 0.3 is 0 Å². The Labute approximate surface area is 175 Å². The molecule has 29 heavy (non-hydrogen) atoms. The summed E-state index contributed by atoms with van der Waals surface area (Å²) in [6.07, 6.45) is 1.97. The number of rotatable bonds is 6. The lowest BCUT2D eigenvalue weighted by Crippen LogP contribution is -2.36. The molecule has 150 valence electrons. The summed E-state index contributed by atoms with van der Waals surface area (Å²) in [7, 11) is 0. The number of hydrogen-bond donors (Lipinski definition) is 1. The lowest BCUT2D eigenvalue weighted by Gasteiger charge is -2.19. The second-order valence-corrected chi connectivity index (χ2v) is 8.62. The molecule has 1 atom stereocenters. The van der Waals surface area contributed by atoms with E-state index in [1.165, 1.54) is 22.9 Å². The number of ether oxygens (including phenoxy) is 1. The number of aryl methyl sites for hydroxylation is 1. The number of amides is 2. The normalized spacial score (nSPS) is 16.9. The molecule has 1 aromatic carbocycles. The summed E-state index contributed by atoms with van der Waals surface area (Å²) >= 11 is 2.21. The number of aromatic amines is 1. The number of fused-ring (bicyclic) bond motifs is 1. The summed E-state index contributed by atoms with van der Waals surface area (Å²) < 4.78 is 11.1. The van der Waals surface area contributed by atoms with Crippen LogP contribution in [0.3, 0.4) is 0 Å². The Kier molecular flexibility index (Phi) is 5.42. The van der Waals surface area contributed by atoms with E-state index in [-0.39, 0.29) is 28.0 Å². The van der Waals surface area contributed by atoms with Gasteiger partial charge < -0.3 is 14.1 Å². The Morgan fingerprint density at radius 1 is 1.34 bits per heavy atom. The molecular weight excluding hydrogens is 410 g/mol. The minimum atomic E-state index is -0.340. The monoisotopic (exact) mass is 429 g/mol. The highest BCUT2D eigenvalue weighted by Crippen LogP contribution is 2.34. The predicted octanol–water partition coefficient (Wildman–Crippen LogP) is 5.33. The van der Waals surface area contributed by atoms with Crippen LogP contribution in [0.15, 0.2) is 56.2 Å². The maximum absolute atomic E-state index is 12.4. The zero-order chi connectivity index (χ0) is 20.5. The highest BCUT2D eigenvalue weighted by atomic mass is 32.2. The van der Waals surface area contributed by atoms with Gasteiger partial charge in [-0.15, -0.1) is 0 Å². The molecule has 1 unspecified atom stereocenters. The SMILES string of the molecule is CCC(C)N1C(=O)S/C(=C/Oc2ccc(Sc3nc4ccc(C)cc4[nH]3)o2)C1=O. The number of aromatic nitrogens is 2. The van der Waals surface area contributed by atoms with Crippen molar-refractivity contribution in [2.24, 2.45) is 0 Å². The Bertz CT molecular complexity index is 1120. The summed E-state index contributed by atoms with van der Waals surface area (Å²) in [6.45, 7) is 5.80. The third-order valence-electron chi connectivity index (χ3n) is 4.51. The minimum Gasteiger partial charge on any atom is -0.433 e. The molecule has 1 aliphatic heterocycles. The van der Waals surface area contributed by atoms with E-state index < -0.39 is 0 Å². The van der Waals surface area contributed by atoms with Crippen LogP contribution in [0.25, 0.3) is 11.0 Å². The van der Waals surface area contributed by atoms with Gasteiger partial charge in [-0.2, -0.15) is 0 Å². The molecular formula is C20H19N3O4S2. The van der Waals surface area contributed by atoms with Crippen LogP contribution in [0.4, 0.5) is 4.79 Å². The van der Waals surface area contributed by atoms with Gasteiger partial charge in [0.15, 0.2) is 10.2 Å². The van der Waals surface area contributed by atoms with Crippen molar-refractivity contribution in [1.29, 1.82) is 0 Å². The van der Waals surface area contributed by atoms with Crippen molar-refractivity contribution in [2.75, 3.05) is 0 Å². The fraction of sp³-hybridized carbons (Fsp3) is 0.250. The van der Waals surface area contributed by atoms with Crippen molar-refractivity contribution in [1.82, 2.24) is 14.9 Å². The highest BCUT2D eigenvalue weighted by molar-refractivity contribution is 8.18. The smallest absolute Gasteiger partial charge is 0.293 e. The summed E-state index contributed by atoms with van der Waals surface area (Å²) in [5.41, 5.74) is 3.01. The van der Waals surface area contributed by atoms with Crippen LogP contribution >= 0.6 is 23.5 Å². The molecule has 0 aliphatic carbocycles. The van der Waals surface area contributed by atoms with E-state index in [9.17, 15) is 9.59 Å². The van der Waals surface area contributed by atoms with Crippen LogP contribution in [0, 0.1) is 6.92 Å². The van der Waals surface area contributed by atoms with Gasteiger partial charge in [-0.3, -0.25) is 14.5 Å². The maximum Gasteiger partial charge on any atom is 0.293 e. The number of carbonyl (C=O) groups is 2. The van der Waals surface area contributed by atoms with Gasteiger partial charge in [0.1, 0.15) is 11.2 Å². The van der Waals surface area contributed by atoms with E-state index in [2.05, 4.69) is 9.97 Å². The van der Waals surface area contributed by atoms with Gasteiger partial charge in [0.2, 0.25) is 0 Å². The fourth-order valence-electron chi connectivity index (χ4n) is 2.80. The van der Waals surface area contributed by atoms with Gasteiger partial charge in [-0.25, -0.2) is 4.98 Å². The lowest BCUT2D eigenvalue weighted by molar-refractivity contribution is -0.124. The van der Waals surface area contributed by atoms with Crippen LogP contribution < -0.4 is 4.74 Å². The molecule has 3 heterocycles. The van der Waals surface area contributed by atoms with E-state index >= 15 is 0 Å². The van der Waals surface area contributed by atoms with Gasteiger partial charge in [-0.1, -0.05) is 13.0 Å².